The standard InChI is InChI=1S/C20H18ClNO3S/c1-12-7-17(8-13(2)19(12)21)25-10-14-3-5-15(6-4-14)20-22-16(11-26-20)9-18(23)24/h3-8,11H,9-10H2,1-2H3,(H,23,24). The normalized spacial score (nSPS) is 10.7. The maximum Gasteiger partial charge on any atom is 0.309 e. The number of carboxylic acid groups (broad SMARTS) is 1. The predicted molar refractivity (Wildman–Crippen MR) is 104 cm³/mol. The molecule has 2 aromatic carbocycles. The summed E-state index contributed by atoms with van der Waals surface area (Å²) in [6, 6.07) is 11.8. The third-order valence-corrected chi connectivity index (χ3v) is 5.44. The topological polar surface area (TPSA) is 59.4 Å². The lowest BCUT2D eigenvalue weighted by Gasteiger charge is -2.10. The Morgan fingerprint density at radius 1 is 1.19 bits per heavy atom. The number of thiazole rings is 1. The van der Waals surface area contributed by atoms with Crippen LogP contribution in [-0.2, 0) is 17.8 Å². The summed E-state index contributed by atoms with van der Waals surface area (Å²) in [4.78, 5) is 15.1. The second-order valence-corrected chi connectivity index (χ2v) is 7.31. The van der Waals surface area contributed by atoms with Gasteiger partial charge in [-0.2, -0.15) is 0 Å². The van der Waals surface area contributed by atoms with Crippen LogP contribution >= 0.6 is 22.9 Å². The van der Waals surface area contributed by atoms with E-state index in [2.05, 4.69) is 4.98 Å². The molecular weight excluding hydrogens is 370 g/mol. The molecule has 0 atom stereocenters. The minimum atomic E-state index is -0.873. The SMILES string of the molecule is Cc1cc(OCc2ccc(-c3nc(CC(=O)O)cs3)cc2)cc(C)c1Cl. The van der Waals surface area contributed by atoms with Gasteiger partial charge in [0, 0.05) is 16.0 Å². The van der Waals surface area contributed by atoms with E-state index in [1.54, 1.807) is 5.38 Å². The van der Waals surface area contributed by atoms with Gasteiger partial charge in [0.2, 0.25) is 0 Å². The molecule has 0 spiro atoms. The molecule has 0 unspecified atom stereocenters. The zero-order valence-electron chi connectivity index (χ0n) is 14.5. The number of nitrogens with zero attached hydrogens (tertiary/aromatic N) is 1. The fourth-order valence-electron chi connectivity index (χ4n) is 2.58. The van der Waals surface area contributed by atoms with Crippen molar-refractivity contribution in [1.82, 2.24) is 4.98 Å². The van der Waals surface area contributed by atoms with Gasteiger partial charge < -0.3 is 9.84 Å². The van der Waals surface area contributed by atoms with Crippen LogP contribution in [0.4, 0.5) is 0 Å². The molecule has 0 saturated heterocycles. The highest BCUT2D eigenvalue weighted by Crippen LogP contribution is 2.27. The van der Waals surface area contributed by atoms with Crippen molar-refractivity contribution < 1.29 is 14.6 Å². The second-order valence-electron chi connectivity index (χ2n) is 6.07. The average molecular weight is 388 g/mol. The van der Waals surface area contributed by atoms with Crippen molar-refractivity contribution in [3.63, 3.8) is 0 Å². The first-order chi connectivity index (χ1) is 12.4. The van der Waals surface area contributed by atoms with Crippen LogP contribution in [0.5, 0.6) is 5.75 Å². The van der Waals surface area contributed by atoms with Crippen molar-refractivity contribution in [2.45, 2.75) is 26.9 Å². The predicted octanol–water partition coefficient (Wildman–Crippen LogP) is 5.29. The number of hydrogen-bond acceptors (Lipinski definition) is 4. The summed E-state index contributed by atoms with van der Waals surface area (Å²) in [5, 5.41) is 12.2. The van der Waals surface area contributed by atoms with Crippen molar-refractivity contribution in [3.8, 4) is 16.3 Å². The molecule has 6 heteroatoms. The molecule has 0 aliphatic rings. The molecule has 0 aliphatic heterocycles. The molecule has 1 aromatic heterocycles. The summed E-state index contributed by atoms with van der Waals surface area (Å²) < 4.78 is 5.87. The molecule has 0 aliphatic carbocycles. The molecule has 0 bridgehead atoms. The lowest BCUT2D eigenvalue weighted by molar-refractivity contribution is -0.136. The van der Waals surface area contributed by atoms with E-state index in [9.17, 15) is 4.79 Å². The lowest BCUT2D eigenvalue weighted by Crippen LogP contribution is -1.99. The average Bonchev–Trinajstić information content (AvgIpc) is 3.06. The Hall–Kier alpha value is -2.37. The molecule has 3 aromatic rings. The van der Waals surface area contributed by atoms with Gasteiger partial charge in [0.05, 0.1) is 12.1 Å². The molecule has 4 nitrogen and oxygen atoms in total. The highest BCUT2D eigenvalue weighted by molar-refractivity contribution is 7.13. The van der Waals surface area contributed by atoms with Crippen LogP contribution in [0.3, 0.4) is 0 Å². The maximum atomic E-state index is 10.8. The fourth-order valence-corrected chi connectivity index (χ4v) is 3.51. The van der Waals surface area contributed by atoms with Gasteiger partial charge in [-0.25, -0.2) is 4.98 Å². The van der Waals surface area contributed by atoms with Gasteiger partial charge in [-0.05, 0) is 42.7 Å². The Labute approximate surface area is 161 Å². The number of hydrogen-bond donors (Lipinski definition) is 1. The molecule has 26 heavy (non-hydrogen) atoms. The van der Waals surface area contributed by atoms with Crippen molar-refractivity contribution in [2.75, 3.05) is 0 Å². The van der Waals surface area contributed by atoms with E-state index in [0.717, 1.165) is 38.0 Å². The molecule has 3 rings (SSSR count). The number of carbonyl (C=O) groups is 1. The number of aromatic nitrogens is 1. The molecule has 1 heterocycles. The number of aryl methyl sites for hydroxylation is 2. The van der Waals surface area contributed by atoms with E-state index in [-0.39, 0.29) is 6.42 Å². The smallest absolute Gasteiger partial charge is 0.309 e. The van der Waals surface area contributed by atoms with Gasteiger partial charge in [-0.3, -0.25) is 4.79 Å². The third kappa shape index (κ3) is 4.42. The number of halogens is 1. The molecule has 0 fully saturated rings. The van der Waals surface area contributed by atoms with E-state index in [0.29, 0.717) is 12.3 Å². The van der Waals surface area contributed by atoms with Crippen LogP contribution in [0, 0.1) is 13.8 Å². The Balaban J connectivity index is 1.66. The van der Waals surface area contributed by atoms with Gasteiger partial charge in [-0.1, -0.05) is 35.9 Å². The summed E-state index contributed by atoms with van der Waals surface area (Å²) >= 11 is 7.63. The molecule has 134 valence electrons. The van der Waals surface area contributed by atoms with E-state index in [1.807, 2.05) is 50.2 Å². The number of benzene rings is 2. The third-order valence-electron chi connectivity index (χ3n) is 3.90. The van der Waals surface area contributed by atoms with Gasteiger partial charge in [0.1, 0.15) is 17.4 Å². The van der Waals surface area contributed by atoms with E-state index in [1.165, 1.54) is 11.3 Å². The first-order valence-corrected chi connectivity index (χ1v) is 9.33. The van der Waals surface area contributed by atoms with Crippen molar-refractivity contribution in [2.24, 2.45) is 0 Å². The monoisotopic (exact) mass is 387 g/mol. The van der Waals surface area contributed by atoms with Crippen molar-refractivity contribution >= 4 is 28.9 Å². The largest absolute Gasteiger partial charge is 0.489 e. The minimum absolute atomic E-state index is 0.0532. The number of aliphatic carboxylic acids is 1. The molecular formula is C20H18ClNO3S. The number of carboxylic acids is 1. The van der Waals surface area contributed by atoms with Gasteiger partial charge in [-0.15, -0.1) is 11.3 Å². The Bertz CT molecular complexity index is 911. The summed E-state index contributed by atoms with van der Waals surface area (Å²) in [6.07, 6.45) is -0.0532. The fraction of sp³-hybridized carbons (Fsp3) is 0.200. The molecule has 0 radical (unpaired) electrons. The first kappa shape index (κ1) is 18.4. The first-order valence-electron chi connectivity index (χ1n) is 8.07. The second kappa shape index (κ2) is 7.89. The molecule has 1 N–H and O–H groups in total. The molecule has 0 saturated carbocycles. The number of ether oxygens (including phenoxy) is 1. The van der Waals surface area contributed by atoms with Gasteiger partial charge in [0.25, 0.3) is 0 Å². The van der Waals surface area contributed by atoms with Crippen LogP contribution in [0.2, 0.25) is 5.02 Å². The Morgan fingerprint density at radius 2 is 1.85 bits per heavy atom. The van der Waals surface area contributed by atoms with Gasteiger partial charge in [0.15, 0.2) is 0 Å². The zero-order valence-corrected chi connectivity index (χ0v) is 16.0. The summed E-state index contributed by atoms with van der Waals surface area (Å²) in [5.41, 5.74) is 4.59. The minimum Gasteiger partial charge on any atom is -0.489 e. The van der Waals surface area contributed by atoms with Crippen LogP contribution in [-0.4, -0.2) is 16.1 Å². The summed E-state index contributed by atoms with van der Waals surface area (Å²) in [7, 11) is 0. The van der Waals surface area contributed by atoms with E-state index < -0.39 is 5.97 Å². The zero-order chi connectivity index (χ0) is 18.7. The van der Waals surface area contributed by atoms with Crippen molar-refractivity contribution in [3.05, 3.63) is 69.2 Å². The molecule has 0 amide bonds. The van der Waals surface area contributed by atoms with E-state index in [4.69, 9.17) is 21.4 Å². The highest BCUT2D eigenvalue weighted by atomic mass is 35.5. The van der Waals surface area contributed by atoms with Crippen LogP contribution in [0.15, 0.2) is 41.8 Å². The van der Waals surface area contributed by atoms with Crippen LogP contribution in [0.25, 0.3) is 10.6 Å². The Morgan fingerprint density at radius 3 is 2.46 bits per heavy atom. The maximum absolute atomic E-state index is 10.8. The summed E-state index contributed by atoms with van der Waals surface area (Å²) in [5.74, 6) is -0.0752. The highest BCUT2D eigenvalue weighted by Gasteiger charge is 2.08. The lowest BCUT2D eigenvalue weighted by atomic mass is 10.1. The quantitative estimate of drug-likeness (QED) is 0.624. The Kier molecular flexibility index (Phi) is 5.59. The van der Waals surface area contributed by atoms with Crippen molar-refractivity contribution in [1.29, 1.82) is 0 Å². The number of rotatable bonds is 6. The van der Waals surface area contributed by atoms with Crippen LogP contribution < -0.4 is 4.74 Å². The van der Waals surface area contributed by atoms with Crippen LogP contribution in [0.1, 0.15) is 22.4 Å². The van der Waals surface area contributed by atoms with Gasteiger partial charge >= 0.3 is 5.97 Å². The van der Waals surface area contributed by atoms with E-state index >= 15 is 0 Å². The summed E-state index contributed by atoms with van der Waals surface area (Å²) in [6.45, 7) is 4.39.